The molecule has 0 aliphatic rings. The van der Waals surface area contributed by atoms with Crippen LogP contribution >= 0.6 is 11.6 Å². The molecule has 0 aliphatic heterocycles. The zero-order chi connectivity index (χ0) is 15.2. The first kappa shape index (κ1) is 14.6. The molecule has 0 bridgehead atoms. The number of nitrogens with zero attached hydrogens (tertiary/aromatic N) is 1. The van der Waals surface area contributed by atoms with Crippen molar-refractivity contribution in [2.75, 3.05) is 11.1 Å². The molecular weight excluding hydrogens is 286 g/mol. The smallest absolute Gasteiger partial charge is 0.248 e. The third-order valence-electron chi connectivity index (χ3n) is 2.68. The van der Waals surface area contributed by atoms with Crippen LogP contribution in [0.4, 0.5) is 11.4 Å². The quantitative estimate of drug-likeness (QED) is 0.673. The number of nitrogen functional groups attached to an aromatic ring is 1. The van der Waals surface area contributed by atoms with Gasteiger partial charge in [0.05, 0.1) is 11.6 Å². The molecule has 0 aliphatic carbocycles. The van der Waals surface area contributed by atoms with Crippen LogP contribution in [0.15, 0.2) is 48.5 Å². The highest BCUT2D eigenvalue weighted by Crippen LogP contribution is 2.20. The summed E-state index contributed by atoms with van der Waals surface area (Å²) in [7, 11) is 0. The van der Waals surface area contributed by atoms with E-state index < -0.39 is 0 Å². The monoisotopic (exact) mass is 297 g/mol. The fourth-order valence-corrected chi connectivity index (χ4v) is 2.02. The first-order valence-corrected chi connectivity index (χ1v) is 6.50. The lowest BCUT2D eigenvalue weighted by Gasteiger charge is -2.04. The van der Waals surface area contributed by atoms with Gasteiger partial charge in [-0.05, 0) is 35.9 Å². The minimum Gasteiger partial charge on any atom is -0.399 e. The molecule has 0 saturated heterocycles. The Labute approximate surface area is 127 Å². The van der Waals surface area contributed by atoms with Crippen molar-refractivity contribution in [3.8, 4) is 6.07 Å². The number of hydrogen-bond acceptors (Lipinski definition) is 3. The Morgan fingerprint density at radius 3 is 2.76 bits per heavy atom. The van der Waals surface area contributed by atoms with E-state index in [0.29, 0.717) is 27.5 Å². The summed E-state index contributed by atoms with van der Waals surface area (Å²) in [6.45, 7) is 0. The van der Waals surface area contributed by atoms with Gasteiger partial charge in [0.1, 0.15) is 0 Å². The third kappa shape index (κ3) is 4.10. The van der Waals surface area contributed by atoms with E-state index in [-0.39, 0.29) is 5.91 Å². The summed E-state index contributed by atoms with van der Waals surface area (Å²) < 4.78 is 0. The molecule has 21 heavy (non-hydrogen) atoms. The number of nitrogens with two attached hydrogens (primary N) is 1. The minimum absolute atomic E-state index is 0.329. The highest BCUT2D eigenvalue weighted by Gasteiger charge is 2.02. The molecule has 0 saturated carbocycles. The maximum absolute atomic E-state index is 11.8. The van der Waals surface area contributed by atoms with Crippen LogP contribution in [0, 0.1) is 11.3 Å². The van der Waals surface area contributed by atoms with Gasteiger partial charge < -0.3 is 11.1 Å². The van der Waals surface area contributed by atoms with Gasteiger partial charge in [0.15, 0.2) is 0 Å². The van der Waals surface area contributed by atoms with Gasteiger partial charge in [-0.25, -0.2) is 0 Å². The normalized spacial score (nSPS) is 10.3. The van der Waals surface area contributed by atoms with Crippen molar-refractivity contribution < 1.29 is 4.79 Å². The standard InChI is InChI=1S/C16H12ClN3O/c17-13-7-14(19)9-15(8-13)20-16(21)6-5-11-3-1-2-4-12(11)10-18/h1-9H,19H2,(H,20,21)/b6-5+. The summed E-state index contributed by atoms with van der Waals surface area (Å²) in [5.74, 6) is -0.329. The van der Waals surface area contributed by atoms with Crippen LogP contribution in [0.25, 0.3) is 6.08 Å². The van der Waals surface area contributed by atoms with Crippen molar-refractivity contribution in [3.63, 3.8) is 0 Å². The fraction of sp³-hybridized carbons (Fsp3) is 0. The number of carbonyl (C=O) groups is 1. The van der Waals surface area contributed by atoms with E-state index in [4.69, 9.17) is 22.6 Å². The Bertz CT molecular complexity index is 727. The maximum Gasteiger partial charge on any atom is 0.248 e. The summed E-state index contributed by atoms with van der Waals surface area (Å²) in [5.41, 5.74) is 7.82. The molecule has 0 unspecified atom stereocenters. The van der Waals surface area contributed by atoms with Crippen molar-refractivity contribution in [1.29, 1.82) is 5.26 Å². The number of carbonyl (C=O) groups excluding carboxylic acids is 1. The Morgan fingerprint density at radius 2 is 2.05 bits per heavy atom. The number of nitriles is 1. The van der Waals surface area contributed by atoms with Crippen LogP contribution in [-0.2, 0) is 4.79 Å². The van der Waals surface area contributed by atoms with Crippen molar-refractivity contribution >= 4 is 35.0 Å². The molecule has 1 amide bonds. The fourth-order valence-electron chi connectivity index (χ4n) is 1.78. The van der Waals surface area contributed by atoms with Crippen LogP contribution in [0.5, 0.6) is 0 Å². The second kappa shape index (κ2) is 6.60. The van der Waals surface area contributed by atoms with Crippen molar-refractivity contribution in [2.24, 2.45) is 0 Å². The molecule has 0 spiro atoms. The second-order valence-electron chi connectivity index (χ2n) is 4.29. The molecule has 0 atom stereocenters. The van der Waals surface area contributed by atoms with E-state index in [9.17, 15) is 4.79 Å². The average molecular weight is 298 g/mol. The van der Waals surface area contributed by atoms with Crippen LogP contribution in [0.2, 0.25) is 5.02 Å². The number of amides is 1. The average Bonchev–Trinajstić information content (AvgIpc) is 2.44. The summed E-state index contributed by atoms with van der Waals surface area (Å²) in [6, 6.07) is 13.9. The Balaban J connectivity index is 2.11. The van der Waals surface area contributed by atoms with Gasteiger partial charge in [0.25, 0.3) is 0 Å². The molecule has 0 heterocycles. The van der Waals surface area contributed by atoms with Gasteiger partial charge in [-0.2, -0.15) is 5.26 Å². The molecule has 0 fully saturated rings. The molecule has 4 nitrogen and oxygen atoms in total. The summed E-state index contributed by atoms with van der Waals surface area (Å²) >= 11 is 5.86. The third-order valence-corrected chi connectivity index (χ3v) is 2.90. The molecule has 104 valence electrons. The van der Waals surface area contributed by atoms with Gasteiger partial charge in [-0.15, -0.1) is 0 Å². The lowest BCUT2D eigenvalue weighted by Crippen LogP contribution is -2.08. The number of rotatable bonds is 3. The molecule has 0 aromatic heterocycles. The number of nitrogens with one attached hydrogen (secondary N) is 1. The molecule has 5 heteroatoms. The highest BCUT2D eigenvalue weighted by atomic mass is 35.5. The van der Waals surface area contributed by atoms with Gasteiger partial charge >= 0.3 is 0 Å². The van der Waals surface area contributed by atoms with E-state index in [1.165, 1.54) is 6.08 Å². The van der Waals surface area contributed by atoms with E-state index in [1.54, 1.807) is 48.5 Å². The SMILES string of the molecule is N#Cc1ccccc1/C=C/C(=O)Nc1cc(N)cc(Cl)c1. The first-order chi connectivity index (χ1) is 10.1. The Kier molecular flexibility index (Phi) is 4.60. The van der Waals surface area contributed by atoms with Crippen molar-refractivity contribution in [2.45, 2.75) is 0 Å². The van der Waals surface area contributed by atoms with Gasteiger partial charge in [0.2, 0.25) is 5.91 Å². The maximum atomic E-state index is 11.8. The number of halogens is 1. The number of anilines is 2. The van der Waals surface area contributed by atoms with Crippen LogP contribution in [0.3, 0.4) is 0 Å². The minimum atomic E-state index is -0.329. The molecule has 2 aromatic rings. The summed E-state index contributed by atoms with van der Waals surface area (Å²) in [4.78, 5) is 11.8. The predicted octanol–water partition coefficient (Wildman–Crippen LogP) is 3.45. The lowest BCUT2D eigenvalue weighted by atomic mass is 10.1. The predicted molar refractivity (Wildman–Crippen MR) is 84.7 cm³/mol. The zero-order valence-corrected chi connectivity index (χ0v) is 11.8. The number of hydrogen-bond donors (Lipinski definition) is 2. The van der Waals surface area contributed by atoms with E-state index in [2.05, 4.69) is 11.4 Å². The largest absolute Gasteiger partial charge is 0.399 e. The van der Waals surface area contributed by atoms with Crippen molar-refractivity contribution in [1.82, 2.24) is 0 Å². The van der Waals surface area contributed by atoms with Gasteiger partial charge in [-0.3, -0.25) is 4.79 Å². The van der Waals surface area contributed by atoms with Crippen LogP contribution in [-0.4, -0.2) is 5.91 Å². The van der Waals surface area contributed by atoms with E-state index in [1.807, 2.05) is 0 Å². The van der Waals surface area contributed by atoms with Crippen molar-refractivity contribution in [3.05, 3.63) is 64.7 Å². The molecular formula is C16H12ClN3O. The topological polar surface area (TPSA) is 78.9 Å². The van der Waals surface area contributed by atoms with Gasteiger partial charge in [-0.1, -0.05) is 29.8 Å². The zero-order valence-electron chi connectivity index (χ0n) is 11.0. The van der Waals surface area contributed by atoms with Crippen LogP contribution in [0.1, 0.15) is 11.1 Å². The molecule has 2 rings (SSSR count). The Morgan fingerprint density at radius 1 is 1.29 bits per heavy atom. The Hall–Kier alpha value is -2.77. The second-order valence-corrected chi connectivity index (χ2v) is 4.73. The summed E-state index contributed by atoms with van der Waals surface area (Å²) in [5, 5.41) is 12.1. The molecule has 3 N–H and O–H groups in total. The lowest BCUT2D eigenvalue weighted by molar-refractivity contribution is -0.111. The molecule has 2 aromatic carbocycles. The van der Waals surface area contributed by atoms with Crippen LogP contribution < -0.4 is 11.1 Å². The number of benzene rings is 2. The summed E-state index contributed by atoms with van der Waals surface area (Å²) in [6.07, 6.45) is 2.94. The van der Waals surface area contributed by atoms with E-state index in [0.717, 1.165) is 0 Å². The molecule has 0 radical (unpaired) electrons. The first-order valence-electron chi connectivity index (χ1n) is 6.13. The van der Waals surface area contributed by atoms with Gasteiger partial charge in [0, 0.05) is 22.5 Å². The van der Waals surface area contributed by atoms with E-state index >= 15 is 0 Å². The highest BCUT2D eigenvalue weighted by molar-refractivity contribution is 6.31.